The number of rotatable bonds is 3. The van der Waals surface area contributed by atoms with Crippen molar-refractivity contribution in [1.29, 1.82) is 0 Å². The van der Waals surface area contributed by atoms with Crippen LogP contribution in [-0.4, -0.2) is 14.1 Å². The lowest BCUT2D eigenvalue weighted by atomic mass is 10.1. The highest BCUT2D eigenvalue weighted by Gasteiger charge is 2.17. The van der Waals surface area contributed by atoms with Crippen molar-refractivity contribution in [3.05, 3.63) is 128 Å². The minimum atomic E-state index is 0.925. The average molecular weight is 436 g/mol. The molecule has 3 heterocycles. The van der Waals surface area contributed by atoms with Gasteiger partial charge in [-0.3, -0.25) is 4.57 Å². The van der Waals surface area contributed by atoms with E-state index in [1.54, 1.807) is 0 Å². The average Bonchev–Trinajstić information content (AvgIpc) is 3.49. The Morgan fingerprint density at radius 3 is 2.06 bits per heavy atom. The number of para-hydroxylation sites is 2. The molecule has 0 radical (unpaired) electrons. The monoisotopic (exact) mass is 435 g/mol. The fourth-order valence-electron chi connectivity index (χ4n) is 5.06. The molecule has 7 aromatic rings. The van der Waals surface area contributed by atoms with E-state index in [9.17, 15) is 0 Å². The van der Waals surface area contributed by atoms with Crippen molar-refractivity contribution in [3.8, 4) is 22.8 Å². The zero-order valence-corrected chi connectivity index (χ0v) is 18.5. The summed E-state index contributed by atoms with van der Waals surface area (Å²) in [4.78, 5) is 5.08. The first-order valence-corrected chi connectivity index (χ1v) is 11.5. The molecule has 0 saturated carbocycles. The quantitative estimate of drug-likeness (QED) is 0.278. The molecule has 0 aliphatic rings. The Bertz CT molecular complexity index is 1790. The molecule has 0 amide bonds. The Morgan fingerprint density at radius 1 is 0.500 bits per heavy atom. The van der Waals surface area contributed by atoms with E-state index in [0.717, 1.165) is 33.8 Å². The molecule has 0 N–H and O–H groups in total. The number of pyridine rings is 1. The molecule has 3 heteroatoms. The summed E-state index contributed by atoms with van der Waals surface area (Å²) >= 11 is 0. The lowest BCUT2D eigenvalue weighted by Gasteiger charge is -2.10. The maximum atomic E-state index is 5.08. The Morgan fingerprint density at radius 2 is 1.21 bits per heavy atom. The SMILES string of the molecule is c1ccc(-c2cccc(-n3c4ccccc4c4c5ccn(-c6ccccc6)c5ccc43)n2)cc1. The number of benzene rings is 4. The normalized spacial score (nSPS) is 11.5. The van der Waals surface area contributed by atoms with Gasteiger partial charge in [-0.15, -0.1) is 0 Å². The maximum Gasteiger partial charge on any atom is 0.138 e. The molecule has 160 valence electrons. The van der Waals surface area contributed by atoms with E-state index in [0.29, 0.717) is 0 Å². The lowest BCUT2D eigenvalue weighted by molar-refractivity contribution is 1.08. The minimum absolute atomic E-state index is 0.925. The highest BCUT2D eigenvalue weighted by atomic mass is 15.1. The molecule has 3 aromatic heterocycles. The van der Waals surface area contributed by atoms with E-state index in [-0.39, 0.29) is 0 Å². The zero-order valence-electron chi connectivity index (χ0n) is 18.5. The molecule has 4 aromatic carbocycles. The van der Waals surface area contributed by atoms with Crippen LogP contribution in [0.2, 0.25) is 0 Å². The summed E-state index contributed by atoms with van der Waals surface area (Å²) in [6, 6.07) is 42.4. The number of hydrogen-bond acceptors (Lipinski definition) is 1. The van der Waals surface area contributed by atoms with Crippen molar-refractivity contribution in [2.75, 3.05) is 0 Å². The maximum absolute atomic E-state index is 5.08. The zero-order chi connectivity index (χ0) is 22.5. The number of fused-ring (bicyclic) bond motifs is 5. The van der Waals surface area contributed by atoms with Gasteiger partial charge < -0.3 is 4.57 Å². The summed E-state index contributed by atoms with van der Waals surface area (Å²) in [6.07, 6.45) is 2.17. The van der Waals surface area contributed by atoms with Crippen LogP contribution in [0, 0.1) is 0 Å². The van der Waals surface area contributed by atoms with E-state index in [1.165, 1.54) is 21.7 Å². The Hall–Kier alpha value is -4.63. The largest absolute Gasteiger partial charge is 0.317 e. The summed E-state index contributed by atoms with van der Waals surface area (Å²) in [5, 5.41) is 3.74. The minimum Gasteiger partial charge on any atom is -0.317 e. The van der Waals surface area contributed by atoms with Gasteiger partial charge >= 0.3 is 0 Å². The van der Waals surface area contributed by atoms with Crippen molar-refractivity contribution in [2.24, 2.45) is 0 Å². The van der Waals surface area contributed by atoms with Crippen LogP contribution in [0.15, 0.2) is 128 Å². The van der Waals surface area contributed by atoms with Crippen molar-refractivity contribution in [3.63, 3.8) is 0 Å². The summed E-state index contributed by atoms with van der Waals surface area (Å²) in [5.74, 6) is 0.925. The summed E-state index contributed by atoms with van der Waals surface area (Å²) in [7, 11) is 0. The summed E-state index contributed by atoms with van der Waals surface area (Å²) in [5.41, 5.74) is 6.78. The van der Waals surface area contributed by atoms with Crippen LogP contribution < -0.4 is 0 Å². The predicted octanol–water partition coefficient (Wildman–Crippen LogP) is 7.79. The van der Waals surface area contributed by atoms with Crippen LogP contribution in [0.1, 0.15) is 0 Å². The van der Waals surface area contributed by atoms with Crippen molar-refractivity contribution in [1.82, 2.24) is 14.1 Å². The molecule has 0 atom stereocenters. The van der Waals surface area contributed by atoms with Crippen LogP contribution in [0.4, 0.5) is 0 Å². The predicted molar refractivity (Wildman–Crippen MR) is 141 cm³/mol. The van der Waals surface area contributed by atoms with Gasteiger partial charge in [-0.2, -0.15) is 0 Å². The second kappa shape index (κ2) is 7.46. The van der Waals surface area contributed by atoms with Gasteiger partial charge in [0.2, 0.25) is 0 Å². The number of hydrogen-bond donors (Lipinski definition) is 0. The summed E-state index contributed by atoms with van der Waals surface area (Å²) < 4.78 is 4.55. The van der Waals surface area contributed by atoms with Gasteiger partial charge in [-0.25, -0.2) is 4.98 Å². The highest BCUT2D eigenvalue weighted by Crippen LogP contribution is 2.37. The topological polar surface area (TPSA) is 22.8 Å². The molecular formula is C31H21N3. The van der Waals surface area contributed by atoms with E-state index in [1.807, 2.05) is 6.07 Å². The molecule has 0 spiro atoms. The first-order valence-electron chi connectivity index (χ1n) is 11.5. The van der Waals surface area contributed by atoms with Gasteiger partial charge in [-0.1, -0.05) is 72.8 Å². The second-order valence-corrected chi connectivity index (χ2v) is 8.51. The van der Waals surface area contributed by atoms with Gasteiger partial charge in [0.05, 0.1) is 22.2 Å². The lowest BCUT2D eigenvalue weighted by Crippen LogP contribution is -1.98. The third-order valence-corrected chi connectivity index (χ3v) is 6.57. The Labute approximate surface area is 197 Å². The van der Waals surface area contributed by atoms with Crippen molar-refractivity contribution >= 4 is 32.7 Å². The van der Waals surface area contributed by atoms with Gasteiger partial charge in [0.15, 0.2) is 0 Å². The van der Waals surface area contributed by atoms with Crippen LogP contribution in [0.3, 0.4) is 0 Å². The molecule has 0 saturated heterocycles. The fourth-order valence-corrected chi connectivity index (χ4v) is 5.06. The third-order valence-electron chi connectivity index (χ3n) is 6.57. The molecule has 7 rings (SSSR count). The van der Waals surface area contributed by atoms with E-state index < -0.39 is 0 Å². The highest BCUT2D eigenvalue weighted by molar-refractivity contribution is 6.21. The van der Waals surface area contributed by atoms with Crippen LogP contribution in [-0.2, 0) is 0 Å². The van der Waals surface area contributed by atoms with Gasteiger partial charge in [0.1, 0.15) is 5.82 Å². The van der Waals surface area contributed by atoms with Crippen molar-refractivity contribution < 1.29 is 0 Å². The third kappa shape index (κ3) is 2.81. The van der Waals surface area contributed by atoms with E-state index in [2.05, 4.69) is 131 Å². The van der Waals surface area contributed by atoms with Gasteiger partial charge in [0.25, 0.3) is 0 Å². The first-order chi connectivity index (χ1) is 16.9. The standard InChI is InChI=1S/C31H21N3/c1-3-10-22(11-4-1)26-15-9-17-30(32-26)34-28-16-8-7-14-24(28)31-25-20-21-33(23-12-5-2-6-13-23)27(25)18-19-29(31)34/h1-21H. The summed E-state index contributed by atoms with van der Waals surface area (Å²) in [6.45, 7) is 0. The molecular weight excluding hydrogens is 414 g/mol. The fraction of sp³-hybridized carbons (Fsp3) is 0. The van der Waals surface area contributed by atoms with Gasteiger partial charge in [0, 0.05) is 33.6 Å². The van der Waals surface area contributed by atoms with E-state index in [4.69, 9.17) is 4.98 Å². The van der Waals surface area contributed by atoms with Gasteiger partial charge in [-0.05, 0) is 48.5 Å². The van der Waals surface area contributed by atoms with Crippen LogP contribution >= 0.6 is 0 Å². The molecule has 34 heavy (non-hydrogen) atoms. The van der Waals surface area contributed by atoms with Crippen molar-refractivity contribution in [2.45, 2.75) is 0 Å². The van der Waals surface area contributed by atoms with E-state index >= 15 is 0 Å². The number of aromatic nitrogens is 3. The number of nitrogens with zero attached hydrogens (tertiary/aromatic N) is 3. The molecule has 0 aliphatic heterocycles. The van der Waals surface area contributed by atoms with Crippen LogP contribution in [0.5, 0.6) is 0 Å². The molecule has 0 fully saturated rings. The molecule has 0 unspecified atom stereocenters. The Balaban J connectivity index is 1.52. The second-order valence-electron chi connectivity index (χ2n) is 8.51. The first kappa shape index (κ1) is 18.9. The van der Waals surface area contributed by atoms with Crippen LogP contribution in [0.25, 0.3) is 55.5 Å². The smallest absolute Gasteiger partial charge is 0.138 e. The molecule has 0 bridgehead atoms. The Kier molecular flexibility index (Phi) is 4.15. The molecule has 3 nitrogen and oxygen atoms in total. The molecule has 0 aliphatic carbocycles.